The Hall–Kier alpha value is -4.00. The summed E-state index contributed by atoms with van der Waals surface area (Å²) in [6, 6.07) is 20.5. The molecule has 1 aromatic heterocycles. The number of hydrogen-bond donors (Lipinski definition) is 2. The molecule has 2 aliphatic rings. The van der Waals surface area contributed by atoms with Crippen molar-refractivity contribution in [3.8, 4) is 11.3 Å². The number of anilines is 1. The van der Waals surface area contributed by atoms with Gasteiger partial charge < -0.3 is 0 Å². The second kappa shape index (κ2) is 8.26. The van der Waals surface area contributed by atoms with Crippen molar-refractivity contribution >= 4 is 17.4 Å². The van der Waals surface area contributed by atoms with E-state index in [4.69, 9.17) is 0 Å². The number of hydrogen-bond acceptors (Lipinski definition) is 5. The Balaban J connectivity index is 1.59. The highest BCUT2D eigenvalue weighted by molar-refractivity contribution is 6.01. The number of carbonyl (C=O) groups excluding carboxylic acids is 2. The van der Waals surface area contributed by atoms with E-state index in [1.54, 1.807) is 0 Å². The van der Waals surface area contributed by atoms with Crippen molar-refractivity contribution in [3.05, 3.63) is 93.9 Å². The average Bonchev–Trinajstić information content (AvgIpc) is 2.82. The molecule has 0 unspecified atom stereocenters. The summed E-state index contributed by atoms with van der Waals surface area (Å²) in [4.78, 5) is 38.3. The van der Waals surface area contributed by atoms with E-state index in [2.05, 4.69) is 15.6 Å². The molecule has 7 heteroatoms. The summed E-state index contributed by atoms with van der Waals surface area (Å²) in [5.41, 5.74) is 6.81. The lowest BCUT2D eigenvalue weighted by Gasteiger charge is -2.38. The van der Waals surface area contributed by atoms with Crippen molar-refractivity contribution in [2.75, 3.05) is 5.43 Å². The lowest BCUT2D eigenvalue weighted by molar-refractivity contribution is -0.130. The summed E-state index contributed by atoms with van der Waals surface area (Å²) < 4.78 is 0. The predicted molar refractivity (Wildman–Crippen MR) is 120 cm³/mol. The smallest absolute Gasteiger partial charge is 0.266 e. The third-order valence-corrected chi connectivity index (χ3v) is 5.97. The van der Waals surface area contributed by atoms with Crippen molar-refractivity contribution < 1.29 is 9.59 Å². The van der Waals surface area contributed by atoms with Crippen LogP contribution < -0.4 is 11.0 Å². The molecular weight excluding hydrogens is 404 g/mol. The molecule has 3 aromatic rings. The molecule has 0 saturated carbocycles. The number of aromatic amines is 1. The summed E-state index contributed by atoms with van der Waals surface area (Å²) in [5.74, 6) is -0.325. The number of nitrogens with one attached hydrogen (secondary N) is 2. The molecular formula is C25H22N4O3. The maximum absolute atomic E-state index is 13.3. The van der Waals surface area contributed by atoms with Crippen LogP contribution in [0, 0.1) is 0 Å². The van der Waals surface area contributed by atoms with E-state index in [0.717, 1.165) is 11.1 Å². The maximum atomic E-state index is 13.3. The van der Waals surface area contributed by atoms with Crippen molar-refractivity contribution in [1.29, 1.82) is 0 Å². The molecule has 160 valence electrons. The number of hydrazine groups is 1. The number of amides is 1. The number of allylic oxidation sites excluding steroid dienone is 2. The van der Waals surface area contributed by atoms with Crippen LogP contribution in [-0.4, -0.2) is 26.9 Å². The standard InChI is InChI=1S/C25H22N4O3/c30-21-13-7-12-20-24(21)18(16-8-3-1-4-9-16)14-23(32)29(20)28-19-15-22(31)26-27-25(19)17-10-5-2-6-11-17/h1-6,8-11,15,18H,7,12-14H2,(H2,26,28,31)/t18-/m0/s1. The second-order valence-electron chi connectivity index (χ2n) is 8.01. The van der Waals surface area contributed by atoms with Gasteiger partial charge in [0.15, 0.2) is 5.78 Å². The number of H-pyrrole nitrogens is 1. The van der Waals surface area contributed by atoms with Gasteiger partial charge in [0.2, 0.25) is 5.91 Å². The van der Waals surface area contributed by atoms with Gasteiger partial charge in [0.1, 0.15) is 5.69 Å². The molecule has 0 bridgehead atoms. The molecule has 2 N–H and O–H groups in total. The van der Waals surface area contributed by atoms with Gasteiger partial charge in [0.05, 0.1) is 11.4 Å². The zero-order chi connectivity index (χ0) is 22.1. The Kier molecular flexibility index (Phi) is 5.15. The van der Waals surface area contributed by atoms with Crippen molar-refractivity contribution in [1.82, 2.24) is 15.2 Å². The quantitative estimate of drug-likeness (QED) is 0.662. The molecule has 0 radical (unpaired) electrons. The number of aromatic nitrogens is 2. The van der Waals surface area contributed by atoms with Gasteiger partial charge in [-0.3, -0.25) is 19.8 Å². The van der Waals surface area contributed by atoms with Gasteiger partial charge in [0, 0.05) is 36.0 Å². The summed E-state index contributed by atoms with van der Waals surface area (Å²) in [5, 5.41) is 8.12. The molecule has 2 heterocycles. The molecule has 7 nitrogen and oxygen atoms in total. The third-order valence-electron chi connectivity index (χ3n) is 5.97. The fourth-order valence-electron chi connectivity index (χ4n) is 4.52. The summed E-state index contributed by atoms with van der Waals surface area (Å²) >= 11 is 0. The molecule has 1 aliphatic heterocycles. The van der Waals surface area contributed by atoms with Crippen LogP contribution in [0.2, 0.25) is 0 Å². The van der Waals surface area contributed by atoms with Gasteiger partial charge in [-0.15, -0.1) is 0 Å². The first-order chi connectivity index (χ1) is 15.6. The Morgan fingerprint density at radius 1 is 0.938 bits per heavy atom. The van der Waals surface area contributed by atoms with Gasteiger partial charge in [0.25, 0.3) is 5.56 Å². The van der Waals surface area contributed by atoms with E-state index in [9.17, 15) is 14.4 Å². The van der Waals surface area contributed by atoms with Crippen LogP contribution in [0.25, 0.3) is 11.3 Å². The highest BCUT2D eigenvalue weighted by Gasteiger charge is 2.39. The van der Waals surface area contributed by atoms with Gasteiger partial charge >= 0.3 is 0 Å². The Morgan fingerprint density at radius 2 is 1.66 bits per heavy atom. The summed E-state index contributed by atoms with van der Waals surface area (Å²) in [7, 11) is 0. The molecule has 5 rings (SSSR count). The zero-order valence-corrected chi connectivity index (χ0v) is 17.4. The van der Waals surface area contributed by atoms with E-state index >= 15 is 0 Å². The lowest BCUT2D eigenvalue weighted by atomic mass is 9.78. The monoisotopic (exact) mass is 426 g/mol. The molecule has 0 spiro atoms. The van der Waals surface area contributed by atoms with Gasteiger partial charge in [-0.05, 0) is 18.4 Å². The van der Waals surface area contributed by atoms with Crippen molar-refractivity contribution in [2.45, 2.75) is 31.6 Å². The molecule has 0 fully saturated rings. The number of Topliss-reactive ketones (excluding diaryl/α,β-unsaturated/α-hetero) is 1. The largest absolute Gasteiger partial charge is 0.294 e. The minimum atomic E-state index is -0.382. The first kappa shape index (κ1) is 19.9. The van der Waals surface area contributed by atoms with Crippen LogP contribution in [0.3, 0.4) is 0 Å². The SMILES string of the molecule is O=C1CCCC2=C1[C@H](c1ccccc1)CC(=O)N2Nc1cc(=O)[nH]nc1-c1ccccc1. The number of carbonyl (C=O) groups is 2. The third kappa shape index (κ3) is 3.62. The Morgan fingerprint density at radius 3 is 2.41 bits per heavy atom. The molecule has 1 amide bonds. The van der Waals surface area contributed by atoms with E-state index < -0.39 is 0 Å². The van der Waals surface area contributed by atoms with Crippen LogP contribution in [0.5, 0.6) is 0 Å². The van der Waals surface area contributed by atoms with E-state index in [1.165, 1.54) is 11.1 Å². The summed E-state index contributed by atoms with van der Waals surface area (Å²) in [6.45, 7) is 0. The molecule has 0 saturated heterocycles. The normalized spacial score (nSPS) is 18.5. The Labute approximate surface area is 184 Å². The molecule has 2 aromatic carbocycles. The first-order valence-corrected chi connectivity index (χ1v) is 10.7. The van der Waals surface area contributed by atoms with E-state index in [-0.39, 0.29) is 29.6 Å². The fraction of sp³-hybridized carbons (Fsp3) is 0.200. The van der Waals surface area contributed by atoms with Gasteiger partial charge in [-0.25, -0.2) is 10.1 Å². The molecule has 1 atom stereocenters. The molecule has 1 aliphatic carbocycles. The predicted octanol–water partition coefficient (Wildman–Crippen LogP) is 3.79. The molecule has 32 heavy (non-hydrogen) atoms. The number of rotatable bonds is 4. The Bertz CT molecular complexity index is 1270. The van der Waals surface area contributed by atoms with E-state index in [1.807, 2.05) is 60.7 Å². The van der Waals surface area contributed by atoms with Crippen molar-refractivity contribution in [2.24, 2.45) is 0 Å². The van der Waals surface area contributed by atoms with Gasteiger partial charge in [-0.2, -0.15) is 5.10 Å². The number of benzene rings is 2. The van der Waals surface area contributed by atoms with Crippen LogP contribution in [0.4, 0.5) is 5.69 Å². The van der Waals surface area contributed by atoms with Crippen molar-refractivity contribution in [3.63, 3.8) is 0 Å². The zero-order valence-electron chi connectivity index (χ0n) is 17.4. The van der Waals surface area contributed by atoms with Gasteiger partial charge in [-0.1, -0.05) is 60.7 Å². The highest BCUT2D eigenvalue weighted by atomic mass is 16.2. The lowest BCUT2D eigenvalue weighted by Crippen LogP contribution is -2.43. The van der Waals surface area contributed by atoms with Crippen LogP contribution in [0.1, 0.15) is 37.2 Å². The maximum Gasteiger partial charge on any atom is 0.266 e. The highest BCUT2D eigenvalue weighted by Crippen LogP contribution is 2.42. The minimum absolute atomic E-state index is 0.0757. The minimum Gasteiger partial charge on any atom is -0.294 e. The number of ketones is 1. The van der Waals surface area contributed by atoms with Crippen LogP contribution >= 0.6 is 0 Å². The topological polar surface area (TPSA) is 95.2 Å². The average molecular weight is 426 g/mol. The number of nitrogens with zero attached hydrogens (tertiary/aromatic N) is 2. The second-order valence-corrected chi connectivity index (χ2v) is 8.01. The van der Waals surface area contributed by atoms with Crippen LogP contribution in [-0.2, 0) is 9.59 Å². The first-order valence-electron chi connectivity index (χ1n) is 10.7. The summed E-state index contributed by atoms with van der Waals surface area (Å²) in [6.07, 6.45) is 1.95. The fourth-order valence-corrected chi connectivity index (χ4v) is 4.52. The van der Waals surface area contributed by atoms with E-state index in [0.29, 0.717) is 41.9 Å². The van der Waals surface area contributed by atoms with Crippen LogP contribution in [0.15, 0.2) is 82.8 Å².